The summed E-state index contributed by atoms with van der Waals surface area (Å²) in [7, 11) is 0. The lowest BCUT2D eigenvalue weighted by atomic mass is 9.87. The molecule has 2 saturated carbocycles. The molecular weight excluding hydrogens is 388 g/mol. The van der Waals surface area contributed by atoms with E-state index in [2.05, 4.69) is 10.3 Å². The van der Waals surface area contributed by atoms with Crippen LogP contribution in [0.3, 0.4) is 0 Å². The van der Waals surface area contributed by atoms with Crippen LogP contribution >= 0.6 is 0 Å². The number of ether oxygens (including phenoxy) is 3. The standard InChI is InChI=1S/C22H32N2O6/c1-14(17-12-16(24-30-17)15-8-4-2-5-9-15)29-23-13-18-19(25)20-21(26-18)28-22(27-20)10-6-3-7-11-22/h12-15,18-21,25H,2-11H2,1H3/b23-13+/t14-,18+,19-,20+,21+/m0/s1. The van der Waals surface area contributed by atoms with Crippen molar-refractivity contribution in [1.29, 1.82) is 0 Å². The van der Waals surface area contributed by atoms with Crippen molar-refractivity contribution in [3.63, 3.8) is 0 Å². The number of nitrogens with zero attached hydrogens (tertiary/aromatic N) is 2. The minimum absolute atomic E-state index is 0.373. The molecule has 5 rings (SSSR count). The van der Waals surface area contributed by atoms with Gasteiger partial charge in [-0.15, -0.1) is 0 Å². The molecule has 0 amide bonds. The third-order valence-electron chi connectivity index (χ3n) is 6.93. The van der Waals surface area contributed by atoms with Crippen molar-refractivity contribution in [1.82, 2.24) is 5.16 Å². The van der Waals surface area contributed by atoms with Gasteiger partial charge in [0.1, 0.15) is 18.3 Å². The Labute approximate surface area is 176 Å². The molecule has 0 unspecified atom stereocenters. The van der Waals surface area contributed by atoms with Crippen molar-refractivity contribution in [2.45, 2.75) is 114 Å². The van der Waals surface area contributed by atoms with Gasteiger partial charge in [-0.1, -0.05) is 36.0 Å². The van der Waals surface area contributed by atoms with Crippen LogP contribution in [0.2, 0.25) is 0 Å². The molecule has 2 aliphatic carbocycles. The number of hydrogen-bond acceptors (Lipinski definition) is 8. The van der Waals surface area contributed by atoms with Crippen LogP contribution in [0.25, 0.3) is 0 Å². The van der Waals surface area contributed by atoms with Crippen LogP contribution in [0.4, 0.5) is 0 Å². The van der Waals surface area contributed by atoms with Crippen LogP contribution in [0.5, 0.6) is 0 Å². The van der Waals surface area contributed by atoms with E-state index in [0.717, 1.165) is 31.4 Å². The molecule has 3 heterocycles. The molecule has 5 atom stereocenters. The molecule has 2 aliphatic heterocycles. The van der Waals surface area contributed by atoms with E-state index in [0.29, 0.717) is 11.7 Å². The van der Waals surface area contributed by atoms with Crippen LogP contribution in [0.15, 0.2) is 15.7 Å². The summed E-state index contributed by atoms with van der Waals surface area (Å²) in [5, 5.41) is 18.9. The van der Waals surface area contributed by atoms with Crippen molar-refractivity contribution in [3.05, 3.63) is 17.5 Å². The highest BCUT2D eigenvalue weighted by atomic mass is 16.8. The van der Waals surface area contributed by atoms with E-state index in [9.17, 15) is 5.11 Å². The molecule has 1 N–H and O–H groups in total. The fourth-order valence-electron chi connectivity index (χ4n) is 5.14. The third-order valence-corrected chi connectivity index (χ3v) is 6.93. The summed E-state index contributed by atoms with van der Waals surface area (Å²) < 4.78 is 23.4. The average Bonchev–Trinajstić information content (AvgIpc) is 3.45. The van der Waals surface area contributed by atoms with Crippen molar-refractivity contribution in [2.24, 2.45) is 5.16 Å². The number of aromatic nitrogens is 1. The Bertz CT molecular complexity index is 740. The average molecular weight is 421 g/mol. The number of hydrogen-bond donors (Lipinski definition) is 1. The molecule has 1 aromatic rings. The van der Waals surface area contributed by atoms with Gasteiger partial charge in [0.05, 0.1) is 11.9 Å². The smallest absolute Gasteiger partial charge is 0.190 e. The van der Waals surface area contributed by atoms with Crippen molar-refractivity contribution in [2.75, 3.05) is 0 Å². The Hall–Kier alpha value is -1.48. The van der Waals surface area contributed by atoms with Gasteiger partial charge in [0, 0.05) is 24.8 Å². The van der Waals surface area contributed by atoms with Gasteiger partial charge in [0.25, 0.3) is 0 Å². The predicted octanol–water partition coefficient (Wildman–Crippen LogP) is 3.95. The zero-order chi connectivity index (χ0) is 20.6. The van der Waals surface area contributed by atoms with Gasteiger partial charge in [-0.3, -0.25) is 0 Å². The lowest BCUT2D eigenvalue weighted by molar-refractivity contribution is -0.239. The maximum absolute atomic E-state index is 10.6. The van der Waals surface area contributed by atoms with E-state index >= 15 is 0 Å². The Kier molecular flexibility index (Phi) is 5.84. The summed E-state index contributed by atoms with van der Waals surface area (Å²) in [5.74, 6) is 0.563. The normalized spacial score (nSPS) is 35.1. The van der Waals surface area contributed by atoms with Gasteiger partial charge in [0.15, 0.2) is 23.9 Å². The van der Waals surface area contributed by atoms with Crippen molar-refractivity contribution in [3.8, 4) is 0 Å². The lowest BCUT2D eigenvalue weighted by Crippen LogP contribution is -2.39. The maximum Gasteiger partial charge on any atom is 0.190 e. The zero-order valence-electron chi connectivity index (χ0n) is 17.6. The minimum Gasteiger partial charge on any atom is -0.387 e. The SMILES string of the molecule is C[C@H](O/N=C/[C@H]1O[C@@H]2OC3(CCCCC3)O[C@@H]2[C@H]1O)c1cc(C2CCCCC2)no1. The summed E-state index contributed by atoms with van der Waals surface area (Å²) in [5.41, 5.74) is 1.01. The summed E-state index contributed by atoms with van der Waals surface area (Å²) in [6, 6.07) is 1.98. The molecule has 0 radical (unpaired) electrons. The molecule has 0 aromatic carbocycles. The highest BCUT2D eigenvalue weighted by Crippen LogP contribution is 2.44. The Morgan fingerprint density at radius 1 is 1.17 bits per heavy atom. The topological polar surface area (TPSA) is 95.5 Å². The molecule has 4 fully saturated rings. The number of aliphatic hydroxyl groups excluding tert-OH is 1. The second-order valence-corrected chi connectivity index (χ2v) is 9.12. The van der Waals surface area contributed by atoms with E-state index in [4.69, 9.17) is 23.6 Å². The van der Waals surface area contributed by atoms with Crippen LogP contribution in [-0.2, 0) is 19.0 Å². The van der Waals surface area contributed by atoms with E-state index < -0.39 is 30.4 Å². The van der Waals surface area contributed by atoms with Crippen LogP contribution in [0.1, 0.15) is 94.6 Å². The monoisotopic (exact) mass is 420 g/mol. The zero-order valence-corrected chi connectivity index (χ0v) is 17.6. The maximum atomic E-state index is 10.6. The van der Waals surface area contributed by atoms with Crippen LogP contribution in [-0.4, -0.2) is 46.9 Å². The summed E-state index contributed by atoms with van der Waals surface area (Å²) in [6.45, 7) is 1.86. The fraction of sp³-hybridized carbons (Fsp3) is 0.818. The van der Waals surface area contributed by atoms with Gasteiger partial charge in [-0.05, 0) is 32.6 Å². The highest BCUT2D eigenvalue weighted by molar-refractivity contribution is 5.64. The van der Waals surface area contributed by atoms with Crippen molar-refractivity contribution >= 4 is 6.21 Å². The Balaban J connectivity index is 1.13. The number of aliphatic hydroxyl groups is 1. The second-order valence-electron chi connectivity index (χ2n) is 9.12. The van der Waals surface area contributed by atoms with Gasteiger partial charge in [-0.25, -0.2) is 0 Å². The predicted molar refractivity (Wildman–Crippen MR) is 107 cm³/mol. The molecule has 4 aliphatic rings. The number of oxime groups is 1. The number of rotatable bonds is 5. The lowest BCUT2D eigenvalue weighted by Gasteiger charge is -2.33. The van der Waals surface area contributed by atoms with Crippen LogP contribution in [0, 0.1) is 0 Å². The molecule has 166 valence electrons. The molecular formula is C22H32N2O6. The van der Waals surface area contributed by atoms with E-state index in [-0.39, 0.29) is 6.10 Å². The first-order chi connectivity index (χ1) is 14.6. The van der Waals surface area contributed by atoms with Gasteiger partial charge in [0.2, 0.25) is 0 Å². The van der Waals surface area contributed by atoms with E-state index in [1.165, 1.54) is 44.7 Å². The first-order valence-corrected chi connectivity index (χ1v) is 11.5. The fourth-order valence-corrected chi connectivity index (χ4v) is 5.14. The third kappa shape index (κ3) is 4.02. The van der Waals surface area contributed by atoms with Crippen LogP contribution < -0.4 is 0 Å². The largest absolute Gasteiger partial charge is 0.387 e. The minimum atomic E-state index is -0.831. The molecule has 8 heteroatoms. The molecule has 0 bridgehead atoms. The molecule has 30 heavy (non-hydrogen) atoms. The summed E-state index contributed by atoms with van der Waals surface area (Å²) in [4.78, 5) is 5.53. The molecule has 2 saturated heterocycles. The van der Waals surface area contributed by atoms with Gasteiger partial charge < -0.3 is 28.7 Å². The quantitative estimate of drug-likeness (QED) is 0.569. The Morgan fingerprint density at radius 3 is 2.70 bits per heavy atom. The first-order valence-electron chi connectivity index (χ1n) is 11.5. The summed E-state index contributed by atoms with van der Waals surface area (Å²) >= 11 is 0. The molecule has 8 nitrogen and oxygen atoms in total. The summed E-state index contributed by atoms with van der Waals surface area (Å²) in [6.07, 6.45) is 9.83. The molecule has 1 spiro atoms. The number of fused-ring (bicyclic) bond motifs is 1. The highest BCUT2D eigenvalue weighted by Gasteiger charge is 2.57. The molecule has 1 aromatic heterocycles. The first kappa shape index (κ1) is 20.4. The van der Waals surface area contributed by atoms with Crippen molar-refractivity contribution < 1.29 is 28.7 Å². The van der Waals surface area contributed by atoms with Gasteiger partial charge in [-0.2, -0.15) is 0 Å². The Morgan fingerprint density at radius 2 is 1.93 bits per heavy atom. The van der Waals surface area contributed by atoms with E-state index in [1.54, 1.807) is 0 Å². The van der Waals surface area contributed by atoms with Gasteiger partial charge >= 0.3 is 0 Å². The second kappa shape index (κ2) is 8.57. The van der Waals surface area contributed by atoms with E-state index in [1.807, 2.05) is 13.0 Å².